The van der Waals surface area contributed by atoms with Crippen LogP contribution in [0.4, 0.5) is 47.8 Å². The smallest absolute Gasteiger partial charge is 0.490 e. The number of piperidine rings is 1. The van der Waals surface area contributed by atoms with Crippen molar-refractivity contribution in [1.29, 1.82) is 0 Å². The molecule has 15 heteroatoms. The van der Waals surface area contributed by atoms with Crippen LogP contribution in [0.5, 0.6) is 5.75 Å². The van der Waals surface area contributed by atoms with Crippen molar-refractivity contribution in [1.82, 2.24) is 0 Å². The van der Waals surface area contributed by atoms with Crippen LogP contribution in [0.25, 0.3) is 0 Å². The first-order chi connectivity index (χ1) is 20.0. The second kappa shape index (κ2) is 13.6. The minimum Gasteiger partial charge on any atom is -0.497 e. The third-order valence-corrected chi connectivity index (χ3v) is 7.62. The van der Waals surface area contributed by atoms with E-state index < -0.39 is 36.3 Å². The van der Waals surface area contributed by atoms with Crippen molar-refractivity contribution >= 4 is 29.0 Å². The average molecular weight is 624 g/mol. The van der Waals surface area contributed by atoms with Crippen LogP contribution in [0.3, 0.4) is 0 Å². The van der Waals surface area contributed by atoms with Gasteiger partial charge in [-0.25, -0.2) is 9.18 Å². The number of methoxy groups -OCH3 is 1. The SMILES string of the molecule is COc1ccc(F)c(N2CCC(N(C)c3ccc(N4C[C@H](C(F)(F)F)C[C@@H]4CC(=O)O)cc3)CC2)c1.O=C(O)C(F)(F)F. The van der Waals surface area contributed by atoms with E-state index in [1.165, 1.54) is 6.07 Å². The normalized spacial score (nSPS) is 19.5. The number of hydrogen-bond donors (Lipinski definition) is 2. The van der Waals surface area contributed by atoms with Gasteiger partial charge in [-0.1, -0.05) is 0 Å². The predicted octanol–water partition coefficient (Wildman–Crippen LogP) is 5.80. The number of carbonyl (C=O) groups is 2. The van der Waals surface area contributed by atoms with Gasteiger partial charge in [0, 0.05) is 56.2 Å². The van der Waals surface area contributed by atoms with E-state index in [9.17, 15) is 40.6 Å². The lowest BCUT2D eigenvalue weighted by atomic mass is 10.0. The molecule has 2 aromatic carbocycles. The zero-order valence-corrected chi connectivity index (χ0v) is 23.3. The maximum absolute atomic E-state index is 14.4. The molecule has 2 heterocycles. The summed E-state index contributed by atoms with van der Waals surface area (Å²) >= 11 is 0. The number of alkyl halides is 6. The van der Waals surface area contributed by atoms with Gasteiger partial charge < -0.3 is 29.6 Å². The number of hydrogen-bond acceptors (Lipinski definition) is 6. The van der Waals surface area contributed by atoms with Crippen LogP contribution < -0.4 is 19.4 Å². The van der Waals surface area contributed by atoms with Crippen molar-refractivity contribution in [3.8, 4) is 5.75 Å². The third-order valence-electron chi connectivity index (χ3n) is 7.62. The number of benzene rings is 2. The number of rotatable bonds is 7. The monoisotopic (exact) mass is 623 g/mol. The van der Waals surface area contributed by atoms with E-state index >= 15 is 0 Å². The molecular formula is C28H32F7N3O5. The molecule has 2 atom stereocenters. The lowest BCUT2D eigenvalue weighted by molar-refractivity contribution is -0.192. The van der Waals surface area contributed by atoms with Gasteiger partial charge in [-0.3, -0.25) is 4.79 Å². The third kappa shape index (κ3) is 8.80. The van der Waals surface area contributed by atoms with Crippen molar-refractivity contribution < 1.29 is 55.3 Å². The molecule has 2 fully saturated rings. The fourth-order valence-corrected chi connectivity index (χ4v) is 5.31. The maximum Gasteiger partial charge on any atom is 0.490 e. The van der Waals surface area contributed by atoms with Crippen LogP contribution in [0.2, 0.25) is 0 Å². The van der Waals surface area contributed by atoms with E-state index in [1.54, 1.807) is 36.3 Å². The highest BCUT2D eigenvalue weighted by atomic mass is 19.4. The second-order valence-electron chi connectivity index (χ2n) is 10.3. The first-order valence-corrected chi connectivity index (χ1v) is 13.3. The molecule has 238 valence electrons. The van der Waals surface area contributed by atoms with E-state index in [4.69, 9.17) is 14.6 Å². The Morgan fingerprint density at radius 1 is 1.00 bits per heavy atom. The Hall–Kier alpha value is -3.91. The van der Waals surface area contributed by atoms with Gasteiger partial charge >= 0.3 is 24.3 Å². The fourth-order valence-electron chi connectivity index (χ4n) is 5.31. The van der Waals surface area contributed by atoms with E-state index in [0.29, 0.717) is 30.2 Å². The summed E-state index contributed by atoms with van der Waals surface area (Å²) in [6, 6.07) is 11.5. The number of ether oxygens (including phenoxy) is 1. The quantitative estimate of drug-likeness (QED) is 0.374. The summed E-state index contributed by atoms with van der Waals surface area (Å²) < 4.78 is 91.3. The van der Waals surface area contributed by atoms with Crippen molar-refractivity contribution in [3.63, 3.8) is 0 Å². The minimum atomic E-state index is -5.08. The molecular weight excluding hydrogens is 591 g/mol. The topological polar surface area (TPSA) is 93.5 Å². The molecule has 0 saturated carbocycles. The van der Waals surface area contributed by atoms with Crippen molar-refractivity contribution in [3.05, 3.63) is 48.3 Å². The number of anilines is 3. The average Bonchev–Trinajstić information content (AvgIpc) is 3.37. The van der Waals surface area contributed by atoms with Gasteiger partial charge in [0.05, 0.1) is 25.1 Å². The molecule has 2 saturated heterocycles. The van der Waals surface area contributed by atoms with E-state index in [2.05, 4.69) is 4.90 Å². The molecule has 0 bridgehead atoms. The Balaban J connectivity index is 0.000000646. The van der Waals surface area contributed by atoms with Crippen LogP contribution in [-0.2, 0) is 9.59 Å². The summed E-state index contributed by atoms with van der Waals surface area (Å²) in [4.78, 5) is 25.8. The van der Waals surface area contributed by atoms with Crippen molar-refractivity contribution in [2.24, 2.45) is 5.92 Å². The van der Waals surface area contributed by atoms with Crippen LogP contribution >= 0.6 is 0 Å². The predicted molar refractivity (Wildman–Crippen MR) is 144 cm³/mol. The van der Waals surface area contributed by atoms with Crippen LogP contribution in [0.15, 0.2) is 42.5 Å². The fraction of sp³-hybridized carbons (Fsp3) is 0.500. The number of carboxylic acids is 2. The van der Waals surface area contributed by atoms with Gasteiger partial charge in [-0.05, 0) is 55.7 Å². The van der Waals surface area contributed by atoms with Gasteiger partial charge in [0.1, 0.15) is 11.6 Å². The summed E-state index contributed by atoms with van der Waals surface area (Å²) in [6.45, 7) is 1.12. The van der Waals surface area contributed by atoms with Crippen molar-refractivity contribution in [2.75, 3.05) is 48.5 Å². The zero-order chi connectivity index (χ0) is 32.1. The van der Waals surface area contributed by atoms with E-state index in [1.807, 2.05) is 24.1 Å². The summed E-state index contributed by atoms with van der Waals surface area (Å²) in [7, 11) is 3.53. The Morgan fingerprint density at radius 3 is 2.07 bits per heavy atom. The molecule has 0 aromatic heterocycles. The molecule has 2 aliphatic rings. The van der Waals surface area contributed by atoms with Crippen molar-refractivity contribution in [2.45, 2.75) is 50.1 Å². The number of aliphatic carboxylic acids is 2. The van der Waals surface area contributed by atoms with E-state index in [0.717, 1.165) is 18.5 Å². The largest absolute Gasteiger partial charge is 0.497 e. The molecule has 2 N–H and O–H groups in total. The molecule has 2 aliphatic heterocycles. The summed E-state index contributed by atoms with van der Waals surface area (Å²) in [6.07, 6.45) is -8.36. The summed E-state index contributed by atoms with van der Waals surface area (Å²) in [5, 5.41) is 16.3. The second-order valence-corrected chi connectivity index (χ2v) is 10.3. The summed E-state index contributed by atoms with van der Waals surface area (Å²) in [5.74, 6) is -5.08. The molecule has 0 radical (unpaired) electrons. The van der Waals surface area contributed by atoms with Gasteiger partial charge in [0.15, 0.2) is 0 Å². The number of nitrogens with zero attached hydrogens (tertiary/aromatic N) is 3. The summed E-state index contributed by atoms with van der Waals surface area (Å²) in [5.41, 5.74) is 2.04. The molecule has 43 heavy (non-hydrogen) atoms. The highest BCUT2D eigenvalue weighted by molar-refractivity contribution is 5.73. The molecule has 0 unspecified atom stereocenters. The standard InChI is InChI=1S/C26H31F4N3O3.C2HF3O2/c1-31(19-9-11-32(12-10-19)24-15-22(36-2)7-8-23(24)27)18-3-5-20(6-4-18)33-16-17(26(28,29)30)13-21(33)14-25(34)35;3-2(4,5)1(6)7/h3-8,15,17,19,21H,9-14,16H2,1-2H3,(H,34,35);(H,6,7)/t17-,21-;/m1./s1. The lowest BCUT2D eigenvalue weighted by Gasteiger charge is -2.39. The Kier molecular flexibility index (Phi) is 10.6. The van der Waals surface area contributed by atoms with Gasteiger partial charge in [-0.15, -0.1) is 0 Å². The molecule has 8 nitrogen and oxygen atoms in total. The first-order valence-electron chi connectivity index (χ1n) is 13.3. The first kappa shape index (κ1) is 33.6. The Labute approximate surface area is 243 Å². The van der Waals surface area contributed by atoms with Gasteiger partial charge in [-0.2, -0.15) is 26.3 Å². The zero-order valence-electron chi connectivity index (χ0n) is 23.3. The van der Waals surface area contributed by atoms with Crippen LogP contribution in [0.1, 0.15) is 25.7 Å². The molecule has 0 amide bonds. The molecule has 4 rings (SSSR count). The van der Waals surface area contributed by atoms with Gasteiger partial charge in [0.25, 0.3) is 0 Å². The number of halogens is 7. The van der Waals surface area contributed by atoms with Gasteiger partial charge in [0.2, 0.25) is 0 Å². The minimum absolute atomic E-state index is 0.218. The molecule has 2 aromatic rings. The molecule has 0 aliphatic carbocycles. The Bertz CT molecular complexity index is 1250. The van der Waals surface area contributed by atoms with Crippen LogP contribution in [0, 0.1) is 11.7 Å². The van der Waals surface area contributed by atoms with E-state index in [-0.39, 0.29) is 31.2 Å². The number of carboxylic acid groups (broad SMARTS) is 2. The van der Waals surface area contributed by atoms with Crippen LogP contribution in [-0.4, -0.2) is 80.4 Å². The highest BCUT2D eigenvalue weighted by Gasteiger charge is 2.48. The maximum atomic E-state index is 14.4. The molecule has 0 spiro atoms. The Morgan fingerprint density at radius 2 is 1.58 bits per heavy atom. The highest BCUT2D eigenvalue weighted by Crippen LogP contribution is 2.40. The lowest BCUT2D eigenvalue weighted by Crippen LogP contribution is -2.43.